The van der Waals surface area contributed by atoms with Gasteiger partial charge in [0.1, 0.15) is 5.82 Å². The maximum absolute atomic E-state index is 13.1. The summed E-state index contributed by atoms with van der Waals surface area (Å²) in [6.07, 6.45) is 3.56. The zero-order chi connectivity index (χ0) is 16.8. The van der Waals surface area contributed by atoms with Crippen molar-refractivity contribution in [2.75, 3.05) is 25.0 Å². The second-order valence-electron chi connectivity index (χ2n) is 5.71. The molecule has 5 nitrogen and oxygen atoms in total. The van der Waals surface area contributed by atoms with Gasteiger partial charge in [0.2, 0.25) is 0 Å². The van der Waals surface area contributed by atoms with Crippen molar-refractivity contribution in [3.63, 3.8) is 0 Å². The highest BCUT2D eigenvalue weighted by Crippen LogP contribution is 2.22. The number of hydrogen-bond acceptors (Lipinski definition) is 3. The van der Waals surface area contributed by atoms with Crippen LogP contribution in [0.3, 0.4) is 0 Å². The molecule has 7 heteroatoms. The van der Waals surface area contributed by atoms with Crippen molar-refractivity contribution in [3.8, 4) is 0 Å². The lowest BCUT2D eigenvalue weighted by atomic mass is 10.0. The number of nitrogens with one attached hydrogen (secondary N) is 2. The first-order chi connectivity index (χ1) is 11.0. The van der Waals surface area contributed by atoms with E-state index in [1.54, 1.807) is 0 Å². The van der Waals surface area contributed by atoms with E-state index in [1.807, 2.05) is 0 Å². The van der Waals surface area contributed by atoms with E-state index in [4.69, 9.17) is 11.6 Å². The lowest BCUT2D eigenvalue weighted by Crippen LogP contribution is -2.44. The molecule has 1 aliphatic rings. The molecule has 0 saturated carbocycles. The molecular formula is C16H21ClFN3O2. The SMILES string of the molecule is CC1CCCCN1CCNC(=O)C(=O)Nc1cc(F)ccc1Cl. The zero-order valence-corrected chi connectivity index (χ0v) is 13.8. The number of nitrogens with zero attached hydrogens (tertiary/aromatic N) is 1. The molecule has 23 heavy (non-hydrogen) atoms. The van der Waals surface area contributed by atoms with Crippen molar-refractivity contribution >= 4 is 29.1 Å². The normalized spacial score (nSPS) is 18.5. The summed E-state index contributed by atoms with van der Waals surface area (Å²) in [7, 11) is 0. The van der Waals surface area contributed by atoms with Gasteiger partial charge in [0.25, 0.3) is 0 Å². The van der Waals surface area contributed by atoms with Gasteiger partial charge < -0.3 is 10.6 Å². The van der Waals surface area contributed by atoms with Gasteiger partial charge in [-0.05, 0) is 44.5 Å². The van der Waals surface area contributed by atoms with Crippen LogP contribution in [0.4, 0.5) is 10.1 Å². The quantitative estimate of drug-likeness (QED) is 0.827. The molecule has 0 radical (unpaired) electrons. The molecule has 0 aliphatic carbocycles. The predicted octanol–water partition coefficient (Wildman–Crippen LogP) is 2.41. The van der Waals surface area contributed by atoms with Gasteiger partial charge in [-0.1, -0.05) is 18.0 Å². The van der Waals surface area contributed by atoms with Crippen LogP contribution in [0.5, 0.6) is 0 Å². The van der Waals surface area contributed by atoms with Crippen LogP contribution in [0.15, 0.2) is 18.2 Å². The number of carbonyl (C=O) groups is 2. The van der Waals surface area contributed by atoms with Crippen molar-refractivity contribution in [2.24, 2.45) is 0 Å². The Morgan fingerprint density at radius 3 is 2.87 bits per heavy atom. The van der Waals surface area contributed by atoms with Gasteiger partial charge in [-0.3, -0.25) is 14.5 Å². The standard InChI is InChI=1S/C16H21ClFN3O2/c1-11-4-2-3-8-21(11)9-7-19-15(22)16(23)20-14-10-12(18)5-6-13(14)17/h5-6,10-11H,2-4,7-9H2,1H3,(H,19,22)(H,20,23). The minimum atomic E-state index is -0.857. The molecule has 1 fully saturated rings. The lowest BCUT2D eigenvalue weighted by Gasteiger charge is -2.33. The third kappa shape index (κ3) is 5.18. The average molecular weight is 342 g/mol. The fourth-order valence-electron chi connectivity index (χ4n) is 2.66. The Kier molecular flexibility index (Phi) is 6.36. The average Bonchev–Trinajstić information content (AvgIpc) is 2.52. The smallest absolute Gasteiger partial charge is 0.313 e. The van der Waals surface area contributed by atoms with Crippen LogP contribution in [0.2, 0.25) is 5.02 Å². The van der Waals surface area contributed by atoms with E-state index in [-0.39, 0.29) is 10.7 Å². The summed E-state index contributed by atoms with van der Waals surface area (Å²) in [5.41, 5.74) is 0.0801. The van der Waals surface area contributed by atoms with Crippen LogP contribution in [-0.2, 0) is 9.59 Å². The molecule has 1 aromatic carbocycles. The van der Waals surface area contributed by atoms with Crippen LogP contribution in [0.25, 0.3) is 0 Å². The summed E-state index contributed by atoms with van der Waals surface area (Å²) < 4.78 is 13.1. The summed E-state index contributed by atoms with van der Waals surface area (Å²) in [4.78, 5) is 25.9. The summed E-state index contributed by atoms with van der Waals surface area (Å²) in [6.45, 7) is 4.29. The molecule has 2 rings (SSSR count). The van der Waals surface area contributed by atoms with Gasteiger partial charge >= 0.3 is 11.8 Å². The first kappa shape index (κ1) is 17.7. The monoisotopic (exact) mass is 341 g/mol. The first-order valence-electron chi connectivity index (χ1n) is 7.75. The molecule has 1 aromatic rings. The zero-order valence-electron chi connectivity index (χ0n) is 13.1. The Morgan fingerprint density at radius 2 is 2.13 bits per heavy atom. The van der Waals surface area contributed by atoms with Crippen LogP contribution in [0.1, 0.15) is 26.2 Å². The van der Waals surface area contributed by atoms with E-state index in [0.29, 0.717) is 19.1 Å². The molecule has 1 saturated heterocycles. The predicted molar refractivity (Wildman–Crippen MR) is 87.9 cm³/mol. The Balaban J connectivity index is 1.78. The van der Waals surface area contributed by atoms with Crippen molar-refractivity contribution < 1.29 is 14.0 Å². The Hall–Kier alpha value is -1.66. The van der Waals surface area contributed by atoms with Crippen molar-refractivity contribution in [2.45, 2.75) is 32.2 Å². The van der Waals surface area contributed by atoms with Crippen molar-refractivity contribution in [1.82, 2.24) is 10.2 Å². The second-order valence-corrected chi connectivity index (χ2v) is 6.12. The number of hydrogen-bond donors (Lipinski definition) is 2. The summed E-state index contributed by atoms with van der Waals surface area (Å²) >= 11 is 5.85. The highest BCUT2D eigenvalue weighted by atomic mass is 35.5. The highest BCUT2D eigenvalue weighted by Gasteiger charge is 2.19. The molecule has 1 unspecified atom stereocenters. The summed E-state index contributed by atoms with van der Waals surface area (Å²) in [6, 6.07) is 4.07. The number of benzene rings is 1. The van der Waals surface area contributed by atoms with Gasteiger partial charge in [0, 0.05) is 19.1 Å². The number of piperidine rings is 1. The van der Waals surface area contributed by atoms with E-state index in [9.17, 15) is 14.0 Å². The van der Waals surface area contributed by atoms with Crippen LogP contribution in [0, 0.1) is 5.82 Å². The lowest BCUT2D eigenvalue weighted by molar-refractivity contribution is -0.136. The van der Waals surface area contributed by atoms with Crippen LogP contribution in [-0.4, -0.2) is 42.4 Å². The highest BCUT2D eigenvalue weighted by molar-refractivity contribution is 6.41. The minimum absolute atomic E-state index is 0.0801. The fraction of sp³-hybridized carbons (Fsp3) is 0.500. The molecule has 0 spiro atoms. The van der Waals surface area contributed by atoms with Crippen LogP contribution < -0.4 is 10.6 Å². The molecule has 2 N–H and O–H groups in total. The number of amides is 2. The molecule has 2 amide bonds. The molecular weight excluding hydrogens is 321 g/mol. The third-order valence-electron chi connectivity index (χ3n) is 4.01. The molecule has 126 valence electrons. The minimum Gasteiger partial charge on any atom is -0.347 e. The topological polar surface area (TPSA) is 61.4 Å². The van der Waals surface area contributed by atoms with E-state index < -0.39 is 17.6 Å². The van der Waals surface area contributed by atoms with Crippen molar-refractivity contribution in [3.05, 3.63) is 29.0 Å². The second kappa shape index (κ2) is 8.26. The summed E-state index contributed by atoms with van der Waals surface area (Å²) in [5, 5.41) is 5.06. The largest absolute Gasteiger partial charge is 0.347 e. The number of carbonyl (C=O) groups excluding carboxylic acids is 2. The molecule has 1 aliphatic heterocycles. The maximum atomic E-state index is 13.1. The van der Waals surface area contributed by atoms with Crippen molar-refractivity contribution in [1.29, 1.82) is 0 Å². The fourth-order valence-corrected chi connectivity index (χ4v) is 2.82. The Bertz CT molecular complexity index is 582. The van der Waals surface area contributed by atoms with E-state index in [2.05, 4.69) is 22.5 Å². The van der Waals surface area contributed by atoms with Gasteiger partial charge in [-0.2, -0.15) is 0 Å². The van der Waals surface area contributed by atoms with Gasteiger partial charge in [0.15, 0.2) is 0 Å². The Morgan fingerprint density at radius 1 is 1.35 bits per heavy atom. The molecule has 0 aromatic heterocycles. The van der Waals surface area contributed by atoms with Gasteiger partial charge in [-0.15, -0.1) is 0 Å². The number of likely N-dealkylation sites (tertiary alicyclic amines) is 1. The maximum Gasteiger partial charge on any atom is 0.313 e. The van der Waals surface area contributed by atoms with E-state index >= 15 is 0 Å². The van der Waals surface area contributed by atoms with Gasteiger partial charge in [0.05, 0.1) is 10.7 Å². The van der Waals surface area contributed by atoms with Gasteiger partial charge in [-0.25, -0.2) is 4.39 Å². The summed E-state index contributed by atoms with van der Waals surface area (Å²) in [5.74, 6) is -2.15. The Labute approximate surface area is 140 Å². The molecule has 1 atom stereocenters. The first-order valence-corrected chi connectivity index (χ1v) is 8.13. The van der Waals surface area contributed by atoms with E-state index in [0.717, 1.165) is 25.5 Å². The number of rotatable bonds is 4. The van der Waals surface area contributed by atoms with E-state index in [1.165, 1.54) is 18.6 Å². The number of anilines is 1. The third-order valence-corrected chi connectivity index (χ3v) is 4.34. The number of halogens is 2. The van der Waals surface area contributed by atoms with Crippen LogP contribution >= 0.6 is 11.6 Å². The molecule has 1 heterocycles. The molecule has 0 bridgehead atoms.